The van der Waals surface area contributed by atoms with Crippen LogP contribution in [0.4, 0.5) is 5.69 Å². The minimum absolute atomic E-state index is 0.293. The minimum atomic E-state index is 0.293. The van der Waals surface area contributed by atoms with Crippen LogP contribution >= 0.6 is 0 Å². The highest BCUT2D eigenvalue weighted by molar-refractivity contribution is 6.37. The molecule has 0 atom stereocenters. The van der Waals surface area contributed by atoms with Crippen LogP contribution in [0.25, 0.3) is 0 Å². The molecule has 3 saturated carbocycles. The van der Waals surface area contributed by atoms with Crippen molar-refractivity contribution in [3.05, 3.63) is 29.3 Å². The topological polar surface area (TPSA) is 77.3 Å². The van der Waals surface area contributed by atoms with Crippen molar-refractivity contribution in [1.82, 2.24) is 5.43 Å². The number of amides is 1. The van der Waals surface area contributed by atoms with E-state index in [0.29, 0.717) is 17.8 Å². The van der Waals surface area contributed by atoms with Crippen LogP contribution in [0.1, 0.15) is 43.7 Å². The van der Waals surface area contributed by atoms with Gasteiger partial charge in [-0.3, -0.25) is 10.2 Å². The average Bonchev–Trinajstić information content (AvgIpc) is 2.45. The van der Waals surface area contributed by atoms with Gasteiger partial charge in [-0.15, -0.1) is 0 Å². The number of hydrogen-bond acceptors (Lipinski definition) is 4. The Labute approximate surface area is 138 Å². The van der Waals surface area contributed by atoms with E-state index >= 15 is 0 Å². The maximum Gasteiger partial charge on any atom is 0.211 e. The third-order valence-electron chi connectivity index (χ3n) is 4.99. The summed E-state index contributed by atoms with van der Waals surface area (Å²) in [6.07, 6.45) is 8.20. The number of carbonyl (C=O) groups is 1. The number of carbonyl (C=O) groups excluding carboxylic acids is 1. The molecule has 0 aliphatic heterocycles. The maximum absolute atomic E-state index is 10.3. The predicted molar refractivity (Wildman–Crippen MR) is 95.3 cm³/mol. The van der Waals surface area contributed by atoms with Gasteiger partial charge in [0.05, 0.1) is 11.9 Å². The molecule has 4 rings (SSSR count). The smallest absolute Gasteiger partial charge is 0.211 e. The summed E-state index contributed by atoms with van der Waals surface area (Å²) in [4.78, 5) is 10.3. The zero-order valence-electron chi connectivity index (χ0n) is 14.1. The Morgan fingerprint density at radius 2 is 2.13 bits per heavy atom. The van der Waals surface area contributed by atoms with Gasteiger partial charge in [-0.25, -0.2) is 0 Å². The highest BCUT2D eigenvalue weighted by Gasteiger charge is 2.54. The lowest BCUT2D eigenvalue weighted by atomic mass is 9.43. The summed E-state index contributed by atoms with van der Waals surface area (Å²) in [7, 11) is 1.67. The summed E-state index contributed by atoms with van der Waals surface area (Å²) in [6.45, 7) is 4.23. The number of hydrogen-bond donors (Lipinski definition) is 3. The number of rotatable bonds is 6. The predicted octanol–water partition coefficient (Wildman–Crippen LogP) is 3.33. The number of nitrogens with zero attached hydrogens (tertiary/aromatic N) is 1. The maximum atomic E-state index is 10.3. The van der Waals surface area contributed by atoms with Gasteiger partial charge in [-0.2, -0.15) is 5.10 Å². The second-order valence-corrected chi connectivity index (χ2v) is 6.52. The summed E-state index contributed by atoms with van der Waals surface area (Å²) < 4.78 is 0. The summed E-state index contributed by atoms with van der Waals surface area (Å²) in [5.74, 6) is 1.18. The zero-order valence-corrected chi connectivity index (χ0v) is 14.1. The van der Waals surface area contributed by atoms with E-state index in [1.165, 1.54) is 18.6 Å². The number of nitrogens with one attached hydrogen (secondary N) is 3. The molecule has 5 nitrogen and oxygen atoms in total. The molecule has 3 aliphatic rings. The van der Waals surface area contributed by atoms with Gasteiger partial charge in [0.1, 0.15) is 0 Å². The fourth-order valence-corrected chi connectivity index (χ4v) is 3.36. The molecule has 3 fully saturated rings. The summed E-state index contributed by atoms with van der Waals surface area (Å²) >= 11 is 0. The largest absolute Gasteiger partial charge is 0.329 e. The van der Waals surface area contributed by atoms with Crippen molar-refractivity contribution in [2.75, 3.05) is 12.4 Å². The molecule has 0 saturated heterocycles. The van der Waals surface area contributed by atoms with Crippen LogP contribution in [-0.2, 0) is 4.79 Å². The number of anilines is 1. The molecule has 0 heterocycles. The third kappa shape index (κ3) is 3.97. The molecule has 1 aromatic carbocycles. The lowest BCUT2D eigenvalue weighted by Gasteiger charge is -2.62. The molecule has 1 amide bonds. The van der Waals surface area contributed by atoms with E-state index in [1.54, 1.807) is 38.4 Å². The van der Waals surface area contributed by atoms with Crippen molar-refractivity contribution < 1.29 is 4.79 Å². The Balaban J connectivity index is 0.000000223. The minimum Gasteiger partial charge on any atom is -0.329 e. The van der Waals surface area contributed by atoms with Gasteiger partial charge in [-0.1, -0.05) is 19.4 Å². The van der Waals surface area contributed by atoms with Crippen molar-refractivity contribution in [3.8, 4) is 0 Å². The van der Waals surface area contributed by atoms with Gasteiger partial charge in [0.2, 0.25) is 6.41 Å². The first-order valence-corrected chi connectivity index (χ1v) is 8.13. The Hall–Kier alpha value is -2.17. The fraction of sp³-hybridized carbons (Fsp3) is 0.500. The van der Waals surface area contributed by atoms with Crippen molar-refractivity contribution in [1.29, 1.82) is 5.41 Å². The van der Waals surface area contributed by atoms with E-state index in [0.717, 1.165) is 16.5 Å². The molecule has 0 radical (unpaired) electrons. The molecular weight excluding hydrogens is 288 g/mol. The molecule has 3 N–H and O–H groups in total. The molecular formula is C18H26N4O. The van der Waals surface area contributed by atoms with Crippen LogP contribution in [0.15, 0.2) is 23.3 Å². The number of hydrazone groups is 1. The molecule has 0 aromatic heterocycles. The Bertz CT molecular complexity index is 586. The van der Waals surface area contributed by atoms with Gasteiger partial charge in [0.25, 0.3) is 0 Å². The first-order chi connectivity index (χ1) is 11.0. The average molecular weight is 314 g/mol. The van der Waals surface area contributed by atoms with Crippen LogP contribution in [0, 0.1) is 23.7 Å². The molecule has 23 heavy (non-hydrogen) atoms. The van der Waals surface area contributed by atoms with E-state index in [1.807, 2.05) is 13.0 Å². The van der Waals surface area contributed by atoms with Crippen LogP contribution in [-0.4, -0.2) is 25.4 Å². The van der Waals surface area contributed by atoms with Gasteiger partial charge in [0, 0.05) is 18.3 Å². The van der Waals surface area contributed by atoms with Crippen molar-refractivity contribution in [2.24, 2.45) is 16.4 Å². The molecule has 5 heteroatoms. The number of benzene rings is 1. The second kappa shape index (κ2) is 7.40. The Morgan fingerprint density at radius 1 is 1.43 bits per heavy atom. The van der Waals surface area contributed by atoms with Gasteiger partial charge in [-0.05, 0) is 55.2 Å². The standard InChI is InChI=1S/C11H14N4O.C7H12/c1-8-3-4-9(14-7-16)5-10(8)11(12)6-15-13-2;1-2-7-3-6(4-7)5-7/h3-7,12-13H,1-2H3,(H,14,16);6H,2-5H2,1H3/b12-11?,15-6-;. The van der Waals surface area contributed by atoms with Crippen molar-refractivity contribution in [3.63, 3.8) is 0 Å². The van der Waals surface area contributed by atoms with E-state index in [9.17, 15) is 4.79 Å². The summed E-state index contributed by atoms with van der Waals surface area (Å²) in [5, 5.41) is 14.1. The highest BCUT2D eigenvalue weighted by atomic mass is 16.1. The molecule has 0 unspecified atom stereocenters. The first-order valence-electron chi connectivity index (χ1n) is 8.13. The number of aryl methyl sites for hydroxylation is 1. The van der Waals surface area contributed by atoms with Crippen LogP contribution in [0.3, 0.4) is 0 Å². The van der Waals surface area contributed by atoms with Crippen molar-refractivity contribution in [2.45, 2.75) is 39.5 Å². The van der Waals surface area contributed by atoms with Crippen LogP contribution < -0.4 is 10.7 Å². The summed E-state index contributed by atoms with van der Waals surface area (Å²) in [5.41, 5.74) is 6.15. The summed E-state index contributed by atoms with van der Waals surface area (Å²) in [6, 6.07) is 5.38. The van der Waals surface area contributed by atoms with Crippen LogP contribution in [0.2, 0.25) is 0 Å². The van der Waals surface area contributed by atoms with Crippen molar-refractivity contribution >= 4 is 24.0 Å². The van der Waals surface area contributed by atoms with E-state index in [-0.39, 0.29) is 0 Å². The van der Waals surface area contributed by atoms with Gasteiger partial charge < -0.3 is 10.7 Å². The van der Waals surface area contributed by atoms with E-state index < -0.39 is 0 Å². The molecule has 124 valence electrons. The first kappa shape index (κ1) is 17.2. The monoisotopic (exact) mass is 314 g/mol. The zero-order chi connectivity index (χ0) is 16.9. The van der Waals surface area contributed by atoms with E-state index in [2.05, 4.69) is 22.8 Å². The second-order valence-electron chi connectivity index (χ2n) is 6.52. The SMILES string of the molecule is CCC12CC(C1)C2.CN/N=C\C(=N)c1cc(NC=O)ccc1C. The normalized spacial score (nSPS) is 23.9. The molecule has 2 bridgehead atoms. The Kier molecular flexibility index (Phi) is 5.53. The molecule has 3 aliphatic carbocycles. The lowest BCUT2D eigenvalue weighted by molar-refractivity contribution is -0.108. The molecule has 0 spiro atoms. The Morgan fingerprint density at radius 3 is 2.57 bits per heavy atom. The highest BCUT2D eigenvalue weighted by Crippen LogP contribution is 2.66. The fourth-order valence-electron chi connectivity index (χ4n) is 3.36. The van der Waals surface area contributed by atoms with Gasteiger partial charge in [0.15, 0.2) is 0 Å². The molecule has 1 aromatic rings. The quantitative estimate of drug-likeness (QED) is 0.428. The van der Waals surface area contributed by atoms with Crippen LogP contribution in [0.5, 0.6) is 0 Å². The van der Waals surface area contributed by atoms with E-state index in [4.69, 9.17) is 5.41 Å². The van der Waals surface area contributed by atoms with Gasteiger partial charge >= 0.3 is 0 Å². The third-order valence-corrected chi connectivity index (χ3v) is 4.99. The lowest BCUT2D eigenvalue weighted by Crippen LogP contribution is -2.50.